The summed E-state index contributed by atoms with van der Waals surface area (Å²) in [6.07, 6.45) is 5.17. The van der Waals surface area contributed by atoms with Gasteiger partial charge in [-0.3, -0.25) is 4.79 Å². The Morgan fingerprint density at radius 2 is 2.42 bits per heavy atom. The number of carboxylic acids is 1. The minimum atomic E-state index is -1.07. The maximum atomic E-state index is 11.9. The van der Waals surface area contributed by atoms with Crippen molar-refractivity contribution in [2.24, 2.45) is 0 Å². The molecule has 2 rings (SSSR count). The van der Waals surface area contributed by atoms with Gasteiger partial charge in [0.2, 0.25) is 5.91 Å². The molecule has 2 atom stereocenters. The number of aromatic nitrogens is 2. The Kier molecular flexibility index (Phi) is 4.51. The normalized spacial score (nSPS) is 20.7. The van der Waals surface area contributed by atoms with E-state index in [-0.39, 0.29) is 12.3 Å². The van der Waals surface area contributed by atoms with Gasteiger partial charge in [0.15, 0.2) is 0 Å². The molecule has 0 aliphatic carbocycles. The summed E-state index contributed by atoms with van der Waals surface area (Å²) in [7, 11) is 0. The number of rotatable bonds is 5. The Balaban J connectivity index is 1.92. The number of H-pyrrole nitrogens is 1. The zero-order chi connectivity index (χ0) is 13.7. The van der Waals surface area contributed by atoms with Crippen molar-refractivity contribution >= 4 is 11.9 Å². The lowest BCUT2D eigenvalue weighted by molar-refractivity contribution is -0.145. The van der Waals surface area contributed by atoms with Gasteiger partial charge in [-0.25, -0.2) is 9.78 Å². The van der Waals surface area contributed by atoms with Crippen LogP contribution in [0.3, 0.4) is 0 Å². The molecule has 1 unspecified atom stereocenters. The van der Waals surface area contributed by atoms with E-state index in [4.69, 9.17) is 9.84 Å². The molecule has 2 heterocycles. The van der Waals surface area contributed by atoms with Crippen LogP contribution in [-0.2, 0) is 20.7 Å². The largest absolute Gasteiger partial charge is 0.480 e. The molecule has 0 saturated carbocycles. The first-order valence-corrected chi connectivity index (χ1v) is 6.29. The van der Waals surface area contributed by atoms with Gasteiger partial charge >= 0.3 is 5.97 Å². The summed E-state index contributed by atoms with van der Waals surface area (Å²) < 4.78 is 5.33. The van der Waals surface area contributed by atoms with Gasteiger partial charge in [-0.2, -0.15) is 0 Å². The van der Waals surface area contributed by atoms with Gasteiger partial charge in [0.05, 0.1) is 6.33 Å². The fourth-order valence-electron chi connectivity index (χ4n) is 2.03. The number of nitrogens with one attached hydrogen (secondary N) is 2. The van der Waals surface area contributed by atoms with Gasteiger partial charge in [-0.15, -0.1) is 0 Å². The van der Waals surface area contributed by atoms with Crippen LogP contribution in [0.2, 0.25) is 0 Å². The van der Waals surface area contributed by atoms with Crippen molar-refractivity contribution in [1.82, 2.24) is 15.3 Å². The van der Waals surface area contributed by atoms with E-state index in [0.29, 0.717) is 18.7 Å². The first kappa shape index (κ1) is 13.5. The highest BCUT2D eigenvalue weighted by molar-refractivity contribution is 5.86. The molecule has 1 amide bonds. The highest BCUT2D eigenvalue weighted by Crippen LogP contribution is 2.13. The number of carbonyl (C=O) groups is 2. The summed E-state index contributed by atoms with van der Waals surface area (Å²) >= 11 is 0. The minimum absolute atomic E-state index is 0.174. The minimum Gasteiger partial charge on any atom is -0.480 e. The second-order valence-corrected chi connectivity index (χ2v) is 4.54. The molecule has 104 valence electrons. The van der Waals surface area contributed by atoms with Crippen LogP contribution in [0.5, 0.6) is 0 Å². The molecule has 1 aromatic rings. The standard InChI is InChI=1S/C12H17N3O4/c16-11(10-3-1-2-4-19-10)15-9(12(17)18)5-8-6-13-7-14-8/h6-7,9-10H,1-5H2,(H,13,14)(H,15,16)(H,17,18)/t9-,10?/m1/s1. The third-order valence-corrected chi connectivity index (χ3v) is 3.07. The second-order valence-electron chi connectivity index (χ2n) is 4.54. The monoisotopic (exact) mass is 267 g/mol. The third kappa shape index (κ3) is 3.78. The predicted molar refractivity (Wildman–Crippen MR) is 65.4 cm³/mol. The summed E-state index contributed by atoms with van der Waals surface area (Å²) in [5.41, 5.74) is 0.664. The Labute approximate surface area is 110 Å². The van der Waals surface area contributed by atoms with Crippen molar-refractivity contribution in [2.45, 2.75) is 37.8 Å². The fourth-order valence-corrected chi connectivity index (χ4v) is 2.03. The van der Waals surface area contributed by atoms with Crippen LogP contribution in [-0.4, -0.2) is 45.7 Å². The first-order valence-electron chi connectivity index (χ1n) is 6.29. The summed E-state index contributed by atoms with van der Waals surface area (Å²) in [5.74, 6) is -1.43. The van der Waals surface area contributed by atoms with Crippen molar-refractivity contribution in [3.63, 3.8) is 0 Å². The van der Waals surface area contributed by atoms with Crippen molar-refractivity contribution < 1.29 is 19.4 Å². The van der Waals surface area contributed by atoms with E-state index in [1.807, 2.05) is 0 Å². The third-order valence-electron chi connectivity index (χ3n) is 3.07. The van der Waals surface area contributed by atoms with Crippen LogP contribution in [0.25, 0.3) is 0 Å². The van der Waals surface area contributed by atoms with Gasteiger partial charge in [0.25, 0.3) is 0 Å². The second kappa shape index (κ2) is 6.33. The highest BCUT2D eigenvalue weighted by atomic mass is 16.5. The molecule has 1 aliphatic rings. The SMILES string of the molecule is O=C(N[C@H](Cc1cnc[nH]1)C(=O)O)C1CCCCO1. The van der Waals surface area contributed by atoms with Crippen LogP contribution < -0.4 is 5.32 Å². The van der Waals surface area contributed by atoms with Gasteiger partial charge in [-0.1, -0.05) is 0 Å². The summed E-state index contributed by atoms with van der Waals surface area (Å²) in [6.45, 7) is 0.552. The molecule has 7 heteroatoms. The summed E-state index contributed by atoms with van der Waals surface area (Å²) in [5, 5.41) is 11.6. The van der Waals surface area contributed by atoms with Gasteiger partial charge < -0.3 is 20.1 Å². The Morgan fingerprint density at radius 3 is 3.00 bits per heavy atom. The van der Waals surface area contributed by atoms with Gasteiger partial charge in [0, 0.05) is 24.9 Å². The molecule has 1 saturated heterocycles. The van der Waals surface area contributed by atoms with E-state index in [2.05, 4.69) is 15.3 Å². The zero-order valence-electron chi connectivity index (χ0n) is 10.5. The molecule has 0 aromatic carbocycles. The number of carboxylic acid groups (broad SMARTS) is 1. The van der Waals surface area contributed by atoms with Crippen LogP contribution >= 0.6 is 0 Å². The Hall–Kier alpha value is -1.89. The molecular weight excluding hydrogens is 250 g/mol. The van der Waals surface area contributed by atoms with E-state index in [1.165, 1.54) is 6.33 Å². The number of ether oxygens (including phenoxy) is 1. The molecular formula is C12H17N3O4. The molecule has 0 spiro atoms. The number of aliphatic carboxylic acids is 1. The topological polar surface area (TPSA) is 104 Å². The molecule has 19 heavy (non-hydrogen) atoms. The van der Waals surface area contributed by atoms with E-state index in [1.54, 1.807) is 6.20 Å². The molecule has 0 radical (unpaired) electrons. The number of carbonyl (C=O) groups excluding carboxylic acids is 1. The average Bonchev–Trinajstić information content (AvgIpc) is 2.91. The molecule has 1 aromatic heterocycles. The molecule has 1 fully saturated rings. The molecule has 3 N–H and O–H groups in total. The van der Waals surface area contributed by atoms with Crippen LogP contribution in [0, 0.1) is 0 Å². The maximum absolute atomic E-state index is 11.9. The average molecular weight is 267 g/mol. The zero-order valence-corrected chi connectivity index (χ0v) is 10.5. The van der Waals surface area contributed by atoms with Crippen molar-refractivity contribution in [3.05, 3.63) is 18.2 Å². The van der Waals surface area contributed by atoms with Crippen molar-refractivity contribution in [1.29, 1.82) is 0 Å². The van der Waals surface area contributed by atoms with E-state index in [9.17, 15) is 9.59 Å². The van der Waals surface area contributed by atoms with Crippen LogP contribution in [0.15, 0.2) is 12.5 Å². The van der Waals surface area contributed by atoms with Gasteiger partial charge in [0.1, 0.15) is 12.1 Å². The number of aromatic amines is 1. The molecule has 7 nitrogen and oxygen atoms in total. The van der Waals surface area contributed by atoms with Gasteiger partial charge in [-0.05, 0) is 19.3 Å². The lowest BCUT2D eigenvalue weighted by Crippen LogP contribution is -2.48. The number of amides is 1. The smallest absolute Gasteiger partial charge is 0.326 e. The number of imidazole rings is 1. The Morgan fingerprint density at radius 1 is 1.58 bits per heavy atom. The van der Waals surface area contributed by atoms with E-state index < -0.39 is 18.1 Å². The highest BCUT2D eigenvalue weighted by Gasteiger charge is 2.27. The molecule has 0 bridgehead atoms. The van der Waals surface area contributed by atoms with Crippen LogP contribution in [0.1, 0.15) is 25.0 Å². The molecule has 1 aliphatic heterocycles. The fraction of sp³-hybridized carbons (Fsp3) is 0.583. The number of hydrogen-bond acceptors (Lipinski definition) is 4. The van der Waals surface area contributed by atoms with E-state index in [0.717, 1.165) is 12.8 Å². The van der Waals surface area contributed by atoms with Crippen LogP contribution in [0.4, 0.5) is 0 Å². The van der Waals surface area contributed by atoms with E-state index >= 15 is 0 Å². The van der Waals surface area contributed by atoms with Crippen molar-refractivity contribution in [3.8, 4) is 0 Å². The maximum Gasteiger partial charge on any atom is 0.326 e. The van der Waals surface area contributed by atoms with Crippen molar-refractivity contribution in [2.75, 3.05) is 6.61 Å². The lowest BCUT2D eigenvalue weighted by atomic mass is 10.1. The number of nitrogens with zero attached hydrogens (tertiary/aromatic N) is 1. The summed E-state index contributed by atoms with van der Waals surface area (Å²) in [6, 6.07) is -0.974. The Bertz CT molecular complexity index is 426. The number of hydrogen-bond donors (Lipinski definition) is 3. The predicted octanol–water partition coefficient (Wildman–Crippen LogP) is 0.0907. The lowest BCUT2D eigenvalue weighted by Gasteiger charge is -2.23. The quantitative estimate of drug-likeness (QED) is 0.701. The summed E-state index contributed by atoms with van der Waals surface area (Å²) in [4.78, 5) is 29.7. The first-order chi connectivity index (χ1) is 9.16.